The van der Waals surface area contributed by atoms with Crippen LogP contribution >= 0.6 is 0 Å². The zero-order valence-electron chi connectivity index (χ0n) is 9.07. The van der Waals surface area contributed by atoms with Gasteiger partial charge in [-0.1, -0.05) is 30.3 Å². The first-order valence-electron chi connectivity index (χ1n) is 5.09. The predicted octanol–water partition coefficient (Wildman–Crippen LogP) is 2.68. The molecule has 1 aromatic carbocycles. The summed E-state index contributed by atoms with van der Waals surface area (Å²) in [5.74, 6) is 0. The Labute approximate surface area is 90.0 Å². The Morgan fingerprint density at radius 1 is 1.00 bits per heavy atom. The third kappa shape index (κ3) is 2.40. The highest BCUT2D eigenvalue weighted by Crippen LogP contribution is 2.07. The van der Waals surface area contributed by atoms with Crippen LogP contribution in [0.4, 0.5) is 0 Å². The number of hydrogen-bond donors (Lipinski definition) is 0. The highest BCUT2D eigenvalue weighted by molar-refractivity contribution is 5.21. The second kappa shape index (κ2) is 4.22. The van der Waals surface area contributed by atoms with Gasteiger partial charge in [0, 0.05) is 12.6 Å². The zero-order chi connectivity index (χ0) is 10.7. The lowest BCUT2D eigenvalue weighted by molar-refractivity contribution is 0.959. The van der Waals surface area contributed by atoms with Gasteiger partial charge >= 0.3 is 0 Å². The number of hydrogen-bond acceptors (Lipinski definition) is 2. The topological polar surface area (TPSA) is 25.8 Å². The average Bonchev–Trinajstić information content (AvgIpc) is 2.25. The van der Waals surface area contributed by atoms with Gasteiger partial charge in [-0.15, -0.1) is 0 Å². The van der Waals surface area contributed by atoms with E-state index >= 15 is 0 Å². The fourth-order valence-corrected chi connectivity index (χ4v) is 1.48. The van der Waals surface area contributed by atoms with Gasteiger partial charge in [-0.3, -0.25) is 9.97 Å². The van der Waals surface area contributed by atoms with Crippen LogP contribution in [0.2, 0.25) is 0 Å². The summed E-state index contributed by atoms with van der Waals surface area (Å²) in [4.78, 5) is 8.82. The Balaban J connectivity index is 2.22. The van der Waals surface area contributed by atoms with Gasteiger partial charge in [0.25, 0.3) is 0 Å². The second-order valence-corrected chi connectivity index (χ2v) is 3.69. The molecule has 15 heavy (non-hydrogen) atoms. The van der Waals surface area contributed by atoms with Crippen molar-refractivity contribution in [2.24, 2.45) is 0 Å². The Morgan fingerprint density at radius 3 is 2.40 bits per heavy atom. The fourth-order valence-electron chi connectivity index (χ4n) is 1.48. The fraction of sp³-hybridized carbons (Fsp3) is 0.231. The third-order valence-electron chi connectivity index (χ3n) is 2.47. The van der Waals surface area contributed by atoms with Crippen LogP contribution in [-0.2, 0) is 6.42 Å². The van der Waals surface area contributed by atoms with E-state index in [9.17, 15) is 0 Å². The molecule has 1 heterocycles. The predicted molar refractivity (Wildman–Crippen MR) is 60.8 cm³/mol. The lowest BCUT2D eigenvalue weighted by Gasteiger charge is -2.03. The quantitative estimate of drug-likeness (QED) is 0.741. The van der Waals surface area contributed by atoms with Crippen molar-refractivity contribution in [1.29, 1.82) is 0 Å². The first kappa shape index (κ1) is 9.84. The summed E-state index contributed by atoms with van der Waals surface area (Å²) in [7, 11) is 0. The van der Waals surface area contributed by atoms with Crippen LogP contribution in [0.3, 0.4) is 0 Å². The average molecular weight is 198 g/mol. The maximum absolute atomic E-state index is 4.51. The molecule has 0 saturated carbocycles. The van der Waals surface area contributed by atoms with Gasteiger partial charge in [0.15, 0.2) is 0 Å². The molecule has 0 aliphatic carbocycles. The van der Waals surface area contributed by atoms with Crippen LogP contribution in [0.1, 0.15) is 22.6 Å². The van der Waals surface area contributed by atoms with E-state index < -0.39 is 0 Å². The number of benzene rings is 1. The first-order valence-corrected chi connectivity index (χ1v) is 5.09. The Bertz CT molecular complexity index is 449. The van der Waals surface area contributed by atoms with Crippen molar-refractivity contribution in [2.45, 2.75) is 20.3 Å². The molecule has 2 aromatic rings. The van der Waals surface area contributed by atoms with Gasteiger partial charge in [-0.05, 0) is 19.4 Å². The maximum atomic E-state index is 4.51. The summed E-state index contributed by atoms with van der Waals surface area (Å²) in [6.07, 6.45) is 2.71. The number of aromatic nitrogens is 2. The monoisotopic (exact) mass is 198 g/mol. The SMILES string of the molecule is Cc1ncc(Cc2ccccc2)nc1C. The van der Waals surface area contributed by atoms with E-state index in [0.717, 1.165) is 23.5 Å². The smallest absolute Gasteiger partial charge is 0.0633 e. The highest BCUT2D eigenvalue weighted by Gasteiger charge is 2.00. The van der Waals surface area contributed by atoms with Crippen molar-refractivity contribution in [3.8, 4) is 0 Å². The van der Waals surface area contributed by atoms with Crippen molar-refractivity contribution in [1.82, 2.24) is 9.97 Å². The minimum Gasteiger partial charge on any atom is -0.258 e. The second-order valence-electron chi connectivity index (χ2n) is 3.69. The van der Waals surface area contributed by atoms with Gasteiger partial charge in [0.2, 0.25) is 0 Å². The highest BCUT2D eigenvalue weighted by atomic mass is 14.8. The van der Waals surface area contributed by atoms with Gasteiger partial charge < -0.3 is 0 Å². The summed E-state index contributed by atoms with van der Waals surface area (Å²) in [6.45, 7) is 3.98. The molecule has 0 N–H and O–H groups in total. The molecule has 2 nitrogen and oxygen atoms in total. The van der Waals surface area contributed by atoms with Crippen LogP contribution < -0.4 is 0 Å². The van der Waals surface area contributed by atoms with Gasteiger partial charge in [0.1, 0.15) is 0 Å². The minimum atomic E-state index is 0.856. The number of rotatable bonds is 2. The molecule has 0 radical (unpaired) electrons. The van der Waals surface area contributed by atoms with Crippen molar-refractivity contribution >= 4 is 0 Å². The van der Waals surface area contributed by atoms with Crippen molar-refractivity contribution in [3.05, 3.63) is 59.2 Å². The zero-order valence-corrected chi connectivity index (χ0v) is 9.07. The summed E-state index contributed by atoms with van der Waals surface area (Å²) < 4.78 is 0. The molecule has 0 bridgehead atoms. The molecular weight excluding hydrogens is 184 g/mol. The lowest BCUT2D eigenvalue weighted by atomic mass is 10.1. The van der Waals surface area contributed by atoms with E-state index in [0.29, 0.717) is 0 Å². The van der Waals surface area contributed by atoms with Crippen LogP contribution in [0.15, 0.2) is 36.5 Å². The molecule has 2 heteroatoms. The third-order valence-corrected chi connectivity index (χ3v) is 2.47. The molecule has 1 aromatic heterocycles. The Kier molecular flexibility index (Phi) is 2.77. The van der Waals surface area contributed by atoms with E-state index in [1.807, 2.05) is 38.2 Å². The van der Waals surface area contributed by atoms with E-state index in [4.69, 9.17) is 0 Å². The molecule has 0 saturated heterocycles. The molecular formula is C13H14N2. The summed E-state index contributed by atoms with van der Waals surface area (Å²) in [5.41, 5.74) is 4.33. The molecule has 0 unspecified atom stereocenters. The van der Waals surface area contributed by atoms with E-state index in [1.54, 1.807) is 0 Å². The minimum absolute atomic E-state index is 0.856. The van der Waals surface area contributed by atoms with Crippen LogP contribution in [-0.4, -0.2) is 9.97 Å². The van der Waals surface area contributed by atoms with Crippen LogP contribution in [0.5, 0.6) is 0 Å². The molecule has 0 aliphatic heterocycles. The summed E-state index contributed by atoms with van der Waals surface area (Å²) in [5, 5.41) is 0. The molecule has 0 spiro atoms. The van der Waals surface area contributed by atoms with Crippen molar-refractivity contribution < 1.29 is 0 Å². The molecule has 0 aliphatic rings. The van der Waals surface area contributed by atoms with Gasteiger partial charge in [-0.25, -0.2) is 0 Å². The molecule has 0 atom stereocenters. The van der Waals surface area contributed by atoms with Crippen molar-refractivity contribution in [3.63, 3.8) is 0 Å². The van der Waals surface area contributed by atoms with E-state index in [-0.39, 0.29) is 0 Å². The van der Waals surface area contributed by atoms with E-state index in [1.165, 1.54) is 5.56 Å². The summed E-state index contributed by atoms with van der Waals surface area (Å²) >= 11 is 0. The van der Waals surface area contributed by atoms with Crippen LogP contribution in [0.25, 0.3) is 0 Å². The van der Waals surface area contributed by atoms with E-state index in [2.05, 4.69) is 22.1 Å². The number of nitrogens with zero attached hydrogens (tertiary/aromatic N) is 2. The normalized spacial score (nSPS) is 10.3. The molecule has 2 rings (SSSR count). The van der Waals surface area contributed by atoms with Gasteiger partial charge in [0.05, 0.1) is 17.1 Å². The standard InChI is InChI=1S/C13H14N2/c1-10-11(2)15-13(9-14-10)8-12-6-4-3-5-7-12/h3-7,9H,8H2,1-2H3. The summed E-state index contributed by atoms with van der Waals surface area (Å²) in [6, 6.07) is 10.3. The first-order chi connectivity index (χ1) is 7.25. The largest absolute Gasteiger partial charge is 0.258 e. The maximum Gasteiger partial charge on any atom is 0.0633 e. The van der Waals surface area contributed by atoms with Gasteiger partial charge in [-0.2, -0.15) is 0 Å². The van der Waals surface area contributed by atoms with Crippen molar-refractivity contribution in [2.75, 3.05) is 0 Å². The Morgan fingerprint density at radius 2 is 1.73 bits per heavy atom. The molecule has 0 amide bonds. The molecule has 76 valence electrons. The lowest BCUT2D eigenvalue weighted by Crippen LogP contribution is -1.98. The number of aryl methyl sites for hydroxylation is 2. The molecule has 0 fully saturated rings. The van der Waals surface area contributed by atoms with Crippen LogP contribution in [0, 0.1) is 13.8 Å². The Hall–Kier alpha value is -1.70.